The summed E-state index contributed by atoms with van der Waals surface area (Å²) in [4.78, 5) is 8.75. The maximum absolute atomic E-state index is 13.4. The lowest BCUT2D eigenvalue weighted by molar-refractivity contribution is 0.432. The molecule has 0 saturated heterocycles. The lowest BCUT2D eigenvalue weighted by Gasteiger charge is -2.13. The Bertz CT molecular complexity index is 1050. The van der Waals surface area contributed by atoms with E-state index in [2.05, 4.69) is 39.5 Å². The molecule has 2 aromatic carbocycles. The fraction of sp³-hybridized carbons (Fsp3) is 0.136. The number of nitrogens with zero attached hydrogens (tertiary/aromatic N) is 3. The minimum Gasteiger partial charge on any atom is -0.369 e. The van der Waals surface area contributed by atoms with E-state index in [1.807, 2.05) is 30.3 Å². The Labute approximate surface area is 162 Å². The zero-order valence-electron chi connectivity index (χ0n) is 15.3. The molecule has 6 heteroatoms. The van der Waals surface area contributed by atoms with Crippen molar-refractivity contribution in [3.8, 4) is 22.8 Å². The summed E-state index contributed by atoms with van der Waals surface area (Å²) < 4.78 is 18.7. The van der Waals surface area contributed by atoms with E-state index in [1.54, 1.807) is 18.3 Å². The van der Waals surface area contributed by atoms with Crippen LogP contribution in [-0.4, -0.2) is 21.7 Å². The van der Waals surface area contributed by atoms with Crippen LogP contribution < -0.4 is 5.32 Å². The Balaban J connectivity index is 1.42. The number of hydrogen-bond acceptors (Lipinski definition) is 5. The molecule has 1 N–H and O–H groups in total. The van der Waals surface area contributed by atoms with Gasteiger partial charge in [-0.25, -0.2) is 9.37 Å². The molecule has 2 heterocycles. The van der Waals surface area contributed by atoms with Crippen LogP contribution in [0.15, 0.2) is 77.4 Å². The first-order chi connectivity index (χ1) is 13.7. The Kier molecular flexibility index (Phi) is 5.10. The van der Waals surface area contributed by atoms with Gasteiger partial charge in [0.1, 0.15) is 11.6 Å². The third kappa shape index (κ3) is 4.06. The lowest BCUT2D eigenvalue weighted by atomic mass is 10.0. The molecule has 0 fully saturated rings. The lowest BCUT2D eigenvalue weighted by Crippen LogP contribution is -2.10. The van der Waals surface area contributed by atoms with Gasteiger partial charge in [0.05, 0.1) is 5.56 Å². The molecule has 0 saturated carbocycles. The van der Waals surface area contributed by atoms with Crippen LogP contribution in [0.25, 0.3) is 22.8 Å². The van der Waals surface area contributed by atoms with Crippen molar-refractivity contribution in [2.24, 2.45) is 0 Å². The molecule has 0 spiro atoms. The first-order valence-corrected chi connectivity index (χ1v) is 9.04. The van der Waals surface area contributed by atoms with Crippen molar-refractivity contribution in [3.63, 3.8) is 0 Å². The van der Waals surface area contributed by atoms with Gasteiger partial charge < -0.3 is 9.84 Å². The number of rotatable bonds is 6. The number of benzene rings is 2. The third-order valence-electron chi connectivity index (χ3n) is 4.48. The van der Waals surface area contributed by atoms with Crippen molar-refractivity contribution >= 4 is 5.82 Å². The fourth-order valence-corrected chi connectivity index (χ4v) is 2.87. The maximum atomic E-state index is 13.4. The first kappa shape index (κ1) is 17.9. The third-order valence-corrected chi connectivity index (χ3v) is 4.48. The van der Waals surface area contributed by atoms with Gasteiger partial charge in [0, 0.05) is 18.3 Å². The van der Waals surface area contributed by atoms with E-state index < -0.39 is 0 Å². The molecular formula is C22H19FN4O. The van der Waals surface area contributed by atoms with Gasteiger partial charge in [0.2, 0.25) is 5.82 Å². The Morgan fingerprint density at radius 1 is 1.00 bits per heavy atom. The Morgan fingerprint density at radius 2 is 1.86 bits per heavy atom. The van der Waals surface area contributed by atoms with Crippen LogP contribution in [0, 0.1) is 5.82 Å². The van der Waals surface area contributed by atoms with Crippen molar-refractivity contribution in [3.05, 3.63) is 84.3 Å². The second-order valence-corrected chi connectivity index (χ2v) is 6.56. The molecule has 0 aliphatic heterocycles. The highest BCUT2D eigenvalue weighted by atomic mass is 19.1. The predicted molar refractivity (Wildman–Crippen MR) is 106 cm³/mol. The van der Waals surface area contributed by atoms with Gasteiger partial charge in [-0.15, -0.1) is 0 Å². The monoisotopic (exact) mass is 374 g/mol. The summed E-state index contributed by atoms with van der Waals surface area (Å²) >= 11 is 0. The average Bonchev–Trinajstić information content (AvgIpc) is 3.23. The van der Waals surface area contributed by atoms with Crippen LogP contribution in [0.3, 0.4) is 0 Å². The van der Waals surface area contributed by atoms with Gasteiger partial charge in [-0.2, -0.15) is 4.98 Å². The largest absolute Gasteiger partial charge is 0.369 e. The molecule has 1 atom stereocenters. The van der Waals surface area contributed by atoms with Crippen LogP contribution in [0.5, 0.6) is 0 Å². The van der Waals surface area contributed by atoms with Gasteiger partial charge in [-0.3, -0.25) is 0 Å². The van der Waals surface area contributed by atoms with Gasteiger partial charge in [0.15, 0.2) is 0 Å². The zero-order chi connectivity index (χ0) is 19.3. The second kappa shape index (κ2) is 8.00. The van der Waals surface area contributed by atoms with E-state index in [9.17, 15) is 4.39 Å². The Morgan fingerprint density at radius 3 is 2.61 bits per heavy atom. The highest BCUT2D eigenvalue weighted by Gasteiger charge is 2.12. The molecule has 28 heavy (non-hydrogen) atoms. The molecule has 0 unspecified atom stereocenters. The van der Waals surface area contributed by atoms with Crippen LogP contribution in [0.2, 0.25) is 0 Å². The summed E-state index contributed by atoms with van der Waals surface area (Å²) in [6.45, 7) is 2.95. The van der Waals surface area contributed by atoms with Crippen LogP contribution in [-0.2, 0) is 0 Å². The summed E-state index contributed by atoms with van der Waals surface area (Å²) in [6, 6.07) is 20.2. The number of aromatic nitrogens is 3. The van der Waals surface area contributed by atoms with E-state index >= 15 is 0 Å². The van der Waals surface area contributed by atoms with E-state index in [-0.39, 0.29) is 5.82 Å². The van der Waals surface area contributed by atoms with Gasteiger partial charge in [0.25, 0.3) is 5.89 Å². The summed E-state index contributed by atoms with van der Waals surface area (Å²) in [5.41, 5.74) is 2.55. The predicted octanol–water partition coefficient (Wildman–Crippen LogP) is 5.15. The average molecular weight is 374 g/mol. The molecule has 0 amide bonds. The molecule has 0 aliphatic carbocycles. The standard InChI is InChI=1S/C22H19FN4O/c1-15(16-6-3-2-4-7-16)13-24-20-11-10-18(14-25-20)22-26-21(27-28-22)17-8-5-9-19(23)12-17/h2-12,14-15H,13H2,1H3,(H,24,25)/t15-/m0/s1. The number of hydrogen-bond donors (Lipinski definition) is 1. The van der Waals surface area contributed by atoms with Crippen molar-refractivity contribution in [1.82, 2.24) is 15.1 Å². The minimum absolute atomic E-state index is 0.341. The molecule has 5 nitrogen and oxygen atoms in total. The van der Waals surface area contributed by atoms with Gasteiger partial charge in [-0.1, -0.05) is 54.5 Å². The van der Waals surface area contributed by atoms with Gasteiger partial charge in [-0.05, 0) is 35.7 Å². The van der Waals surface area contributed by atoms with Crippen LogP contribution >= 0.6 is 0 Å². The maximum Gasteiger partial charge on any atom is 0.259 e. The second-order valence-electron chi connectivity index (χ2n) is 6.56. The van der Waals surface area contributed by atoms with Crippen LogP contribution in [0.4, 0.5) is 10.2 Å². The SMILES string of the molecule is C[C@@H](CNc1ccc(-c2nc(-c3cccc(F)c3)no2)cn1)c1ccccc1. The molecule has 4 aromatic rings. The summed E-state index contributed by atoms with van der Waals surface area (Å²) in [7, 11) is 0. The molecule has 4 rings (SSSR count). The molecule has 0 radical (unpaired) electrons. The molecular weight excluding hydrogens is 355 g/mol. The van der Waals surface area contributed by atoms with E-state index in [4.69, 9.17) is 4.52 Å². The van der Waals surface area contributed by atoms with E-state index in [0.29, 0.717) is 28.8 Å². The topological polar surface area (TPSA) is 63.8 Å². The van der Waals surface area contributed by atoms with E-state index in [1.165, 1.54) is 17.7 Å². The Hall–Kier alpha value is -3.54. The zero-order valence-corrected chi connectivity index (χ0v) is 15.3. The van der Waals surface area contributed by atoms with Crippen molar-refractivity contribution in [1.29, 1.82) is 0 Å². The van der Waals surface area contributed by atoms with Crippen LogP contribution in [0.1, 0.15) is 18.4 Å². The summed E-state index contributed by atoms with van der Waals surface area (Å²) in [6.07, 6.45) is 1.68. The number of halogens is 1. The smallest absolute Gasteiger partial charge is 0.259 e. The van der Waals surface area contributed by atoms with E-state index in [0.717, 1.165) is 12.4 Å². The van der Waals surface area contributed by atoms with Gasteiger partial charge >= 0.3 is 0 Å². The van der Waals surface area contributed by atoms with Crippen molar-refractivity contribution < 1.29 is 8.91 Å². The van der Waals surface area contributed by atoms with Crippen molar-refractivity contribution in [2.75, 3.05) is 11.9 Å². The number of pyridine rings is 1. The fourth-order valence-electron chi connectivity index (χ4n) is 2.87. The number of anilines is 1. The molecule has 2 aromatic heterocycles. The van der Waals surface area contributed by atoms with Crippen molar-refractivity contribution in [2.45, 2.75) is 12.8 Å². The summed E-state index contributed by atoms with van der Waals surface area (Å²) in [5, 5.41) is 7.26. The quantitative estimate of drug-likeness (QED) is 0.505. The highest BCUT2D eigenvalue weighted by Crippen LogP contribution is 2.23. The highest BCUT2D eigenvalue weighted by molar-refractivity contribution is 5.60. The minimum atomic E-state index is -0.342. The molecule has 140 valence electrons. The molecule has 0 bridgehead atoms. The first-order valence-electron chi connectivity index (χ1n) is 9.04. The summed E-state index contributed by atoms with van der Waals surface area (Å²) in [5.74, 6) is 1.49. The number of nitrogens with one attached hydrogen (secondary N) is 1. The molecule has 0 aliphatic rings. The normalized spacial score (nSPS) is 11.9.